The SMILES string of the molecule is NC(=O)O[C@@H](Cc1ccc([N+](=O)[O-])cc1)c1csc(Cc2cnc[nH]2)n1. The molecule has 1 aromatic carbocycles. The molecule has 3 N–H and O–H groups in total. The van der Waals surface area contributed by atoms with Gasteiger partial charge in [0.05, 0.1) is 22.0 Å². The van der Waals surface area contributed by atoms with E-state index in [2.05, 4.69) is 15.0 Å². The molecule has 134 valence electrons. The number of H-pyrrole nitrogens is 1. The number of hydrogen-bond donors (Lipinski definition) is 2. The first-order chi connectivity index (χ1) is 12.5. The number of non-ortho nitro benzene ring substituents is 1. The lowest BCUT2D eigenvalue weighted by Gasteiger charge is -2.14. The number of benzene rings is 1. The number of carbonyl (C=O) groups is 1. The zero-order valence-corrected chi connectivity index (χ0v) is 14.3. The second-order valence-electron chi connectivity index (χ2n) is 5.47. The lowest BCUT2D eigenvalue weighted by atomic mass is 10.1. The summed E-state index contributed by atoms with van der Waals surface area (Å²) in [4.78, 5) is 33.0. The zero-order chi connectivity index (χ0) is 18.5. The minimum atomic E-state index is -0.903. The number of nitro benzene ring substituents is 1. The Hall–Kier alpha value is -3.27. The molecule has 3 aromatic rings. The maximum absolute atomic E-state index is 11.3. The van der Waals surface area contributed by atoms with Crippen molar-refractivity contribution in [1.29, 1.82) is 0 Å². The first kappa shape index (κ1) is 17.5. The van der Waals surface area contributed by atoms with E-state index in [0.29, 0.717) is 18.5 Å². The molecule has 0 saturated heterocycles. The van der Waals surface area contributed by atoms with Crippen LogP contribution in [0.3, 0.4) is 0 Å². The van der Waals surface area contributed by atoms with Crippen molar-refractivity contribution in [3.63, 3.8) is 0 Å². The number of nitrogens with one attached hydrogen (secondary N) is 1. The van der Waals surface area contributed by atoms with Crippen LogP contribution in [-0.4, -0.2) is 26.0 Å². The number of nitro groups is 1. The first-order valence-electron chi connectivity index (χ1n) is 7.62. The molecule has 0 unspecified atom stereocenters. The summed E-state index contributed by atoms with van der Waals surface area (Å²) in [5, 5.41) is 13.4. The molecule has 26 heavy (non-hydrogen) atoms. The van der Waals surface area contributed by atoms with Gasteiger partial charge >= 0.3 is 6.09 Å². The summed E-state index contributed by atoms with van der Waals surface area (Å²) in [6.45, 7) is 0. The van der Waals surface area contributed by atoms with Crippen molar-refractivity contribution in [3.8, 4) is 0 Å². The third-order valence-electron chi connectivity index (χ3n) is 3.62. The first-order valence-corrected chi connectivity index (χ1v) is 8.50. The summed E-state index contributed by atoms with van der Waals surface area (Å²) >= 11 is 1.44. The molecule has 0 aliphatic rings. The predicted molar refractivity (Wildman–Crippen MR) is 93.7 cm³/mol. The number of amides is 1. The number of rotatable bonds is 7. The number of aromatic nitrogens is 3. The topological polar surface area (TPSA) is 137 Å². The normalized spacial score (nSPS) is 11.8. The molecule has 2 heterocycles. The Morgan fingerprint density at radius 2 is 2.15 bits per heavy atom. The molecule has 0 fully saturated rings. The van der Waals surface area contributed by atoms with Crippen molar-refractivity contribution in [3.05, 3.63) is 74.2 Å². The number of primary amides is 1. The van der Waals surface area contributed by atoms with E-state index >= 15 is 0 Å². The smallest absolute Gasteiger partial charge is 0.405 e. The van der Waals surface area contributed by atoms with Gasteiger partial charge < -0.3 is 15.5 Å². The Labute approximate surface area is 152 Å². The predicted octanol–water partition coefficient (Wildman–Crippen LogP) is 2.74. The van der Waals surface area contributed by atoms with E-state index in [-0.39, 0.29) is 5.69 Å². The van der Waals surface area contributed by atoms with Gasteiger partial charge in [0.1, 0.15) is 0 Å². The maximum atomic E-state index is 11.3. The summed E-state index contributed by atoms with van der Waals surface area (Å²) < 4.78 is 5.20. The van der Waals surface area contributed by atoms with Crippen LogP contribution in [0.15, 0.2) is 42.2 Å². The highest BCUT2D eigenvalue weighted by molar-refractivity contribution is 7.09. The fraction of sp³-hybridized carbons (Fsp3) is 0.188. The van der Waals surface area contributed by atoms with E-state index in [1.165, 1.54) is 23.5 Å². The van der Waals surface area contributed by atoms with Crippen molar-refractivity contribution >= 4 is 23.1 Å². The Bertz CT molecular complexity index is 892. The van der Waals surface area contributed by atoms with E-state index in [9.17, 15) is 14.9 Å². The van der Waals surface area contributed by atoms with E-state index in [1.807, 2.05) is 5.38 Å². The minimum absolute atomic E-state index is 0.00313. The maximum Gasteiger partial charge on any atom is 0.405 e. The minimum Gasteiger partial charge on any atom is -0.439 e. The van der Waals surface area contributed by atoms with E-state index in [1.54, 1.807) is 24.7 Å². The molecular weight excluding hydrogens is 358 g/mol. The Morgan fingerprint density at radius 1 is 1.38 bits per heavy atom. The van der Waals surface area contributed by atoms with Gasteiger partial charge in [-0.25, -0.2) is 14.8 Å². The number of aromatic amines is 1. The molecular formula is C16H15N5O4S. The molecule has 0 aliphatic heterocycles. The number of nitrogens with zero attached hydrogens (tertiary/aromatic N) is 3. The van der Waals surface area contributed by atoms with Gasteiger partial charge in [-0.2, -0.15) is 0 Å². The van der Waals surface area contributed by atoms with Gasteiger partial charge in [-0.05, 0) is 5.56 Å². The number of thiazole rings is 1. The Balaban J connectivity index is 1.76. The van der Waals surface area contributed by atoms with Crippen LogP contribution in [-0.2, 0) is 17.6 Å². The number of imidazole rings is 1. The van der Waals surface area contributed by atoms with Crippen LogP contribution in [0.4, 0.5) is 10.5 Å². The van der Waals surface area contributed by atoms with Gasteiger partial charge in [-0.15, -0.1) is 11.3 Å². The second kappa shape index (κ2) is 7.74. The van der Waals surface area contributed by atoms with Crippen molar-refractivity contribution in [2.45, 2.75) is 18.9 Å². The zero-order valence-electron chi connectivity index (χ0n) is 13.5. The molecule has 0 radical (unpaired) electrons. The van der Waals surface area contributed by atoms with Gasteiger partial charge in [0, 0.05) is 42.2 Å². The van der Waals surface area contributed by atoms with Crippen molar-refractivity contribution < 1.29 is 14.5 Å². The molecule has 0 saturated carbocycles. The van der Waals surface area contributed by atoms with Crippen LogP contribution in [0.1, 0.15) is 28.1 Å². The molecule has 0 spiro atoms. The van der Waals surface area contributed by atoms with E-state index in [4.69, 9.17) is 10.5 Å². The molecule has 1 atom stereocenters. The third-order valence-corrected chi connectivity index (χ3v) is 4.49. The van der Waals surface area contributed by atoms with Gasteiger partial charge in [0.15, 0.2) is 6.10 Å². The lowest BCUT2D eigenvalue weighted by molar-refractivity contribution is -0.384. The largest absolute Gasteiger partial charge is 0.439 e. The summed E-state index contributed by atoms with van der Waals surface area (Å²) in [6.07, 6.45) is 2.65. The fourth-order valence-corrected chi connectivity index (χ4v) is 3.27. The molecule has 2 aromatic heterocycles. The lowest BCUT2D eigenvalue weighted by Crippen LogP contribution is -2.19. The summed E-state index contributed by atoms with van der Waals surface area (Å²) in [5.41, 5.74) is 7.45. The van der Waals surface area contributed by atoms with E-state index in [0.717, 1.165) is 16.3 Å². The van der Waals surface area contributed by atoms with Crippen LogP contribution in [0.25, 0.3) is 0 Å². The monoisotopic (exact) mass is 373 g/mol. The highest BCUT2D eigenvalue weighted by atomic mass is 32.1. The number of hydrogen-bond acceptors (Lipinski definition) is 7. The van der Waals surface area contributed by atoms with Gasteiger partial charge in [-0.1, -0.05) is 12.1 Å². The fourth-order valence-electron chi connectivity index (χ4n) is 2.41. The highest BCUT2D eigenvalue weighted by Gasteiger charge is 2.20. The van der Waals surface area contributed by atoms with Crippen LogP contribution < -0.4 is 5.73 Å². The molecule has 0 aliphatic carbocycles. The van der Waals surface area contributed by atoms with Crippen molar-refractivity contribution in [2.24, 2.45) is 5.73 Å². The quantitative estimate of drug-likeness (QED) is 0.482. The van der Waals surface area contributed by atoms with E-state index < -0.39 is 17.1 Å². The van der Waals surface area contributed by atoms with Crippen LogP contribution >= 0.6 is 11.3 Å². The Kier molecular flexibility index (Phi) is 5.23. The Morgan fingerprint density at radius 3 is 2.77 bits per heavy atom. The van der Waals surface area contributed by atoms with Crippen LogP contribution in [0.2, 0.25) is 0 Å². The molecule has 0 bridgehead atoms. The molecule has 3 rings (SSSR count). The summed E-state index contributed by atoms with van der Waals surface area (Å²) in [7, 11) is 0. The van der Waals surface area contributed by atoms with Gasteiger partial charge in [-0.3, -0.25) is 10.1 Å². The average Bonchev–Trinajstić information content (AvgIpc) is 3.27. The average molecular weight is 373 g/mol. The molecule has 1 amide bonds. The highest BCUT2D eigenvalue weighted by Crippen LogP contribution is 2.26. The summed E-state index contributed by atoms with van der Waals surface area (Å²) in [5.74, 6) is 0. The van der Waals surface area contributed by atoms with Gasteiger partial charge in [0.2, 0.25) is 0 Å². The third kappa shape index (κ3) is 4.42. The number of ether oxygens (including phenoxy) is 1. The summed E-state index contributed by atoms with van der Waals surface area (Å²) in [6, 6.07) is 6.05. The molecule has 9 nitrogen and oxygen atoms in total. The standard InChI is InChI=1S/C16H15N5O4S/c17-16(22)25-14(5-10-1-3-12(4-2-10)21(23)24)13-8-26-15(20-13)6-11-7-18-9-19-11/h1-4,7-9,14H,5-6H2,(H2,17,22)(H,18,19)/t14-/m0/s1. The van der Waals surface area contributed by atoms with Gasteiger partial charge in [0.25, 0.3) is 5.69 Å². The molecule has 10 heteroatoms. The van der Waals surface area contributed by atoms with Crippen molar-refractivity contribution in [1.82, 2.24) is 15.0 Å². The van der Waals surface area contributed by atoms with Crippen molar-refractivity contribution in [2.75, 3.05) is 0 Å². The number of nitrogens with two attached hydrogens (primary N) is 1. The number of carbonyl (C=O) groups excluding carboxylic acids is 1. The van der Waals surface area contributed by atoms with Crippen LogP contribution in [0, 0.1) is 10.1 Å². The van der Waals surface area contributed by atoms with Crippen LogP contribution in [0.5, 0.6) is 0 Å². The second-order valence-corrected chi connectivity index (χ2v) is 6.42.